The fourth-order valence-corrected chi connectivity index (χ4v) is 4.68. The number of nitrogens with one attached hydrogen (secondary N) is 1. The summed E-state index contributed by atoms with van der Waals surface area (Å²) in [6, 6.07) is 10.5. The summed E-state index contributed by atoms with van der Waals surface area (Å²) in [6.07, 6.45) is 4.94. The van der Waals surface area contributed by atoms with E-state index in [1.54, 1.807) is 18.6 Å². The molecule has 32 heavy (non-hydrogen) atoms. The summed E-state index contributed by atoms with van der Waals surface area (Å²) in [7, 11) is 2.16. The van der Waals surface area contributed by atoms with Gasteiger partial charge in [0.25, 0.3) is 0 Å². The monoisotopic (exact) mass is 423 g/mol. The van der Waals surface area contributed by atoms with Crippen LogP contribution in [0.15, 0.2) is 48.9 Å². The zero-order valence-corrected chi connectivity index (χ0v) is 17.6. The molecule has 1 fully saturated rings. The van der Waals surface area contributed by atoms with Gasteiger partial charge in [0.15, 0.2) is 5.69 Å². The summed E-state index contributed by atoms with van der Waals surface area (Å²) in [5, 5.41) is 8.60. The molecule has 0 bridgehead atoms. The topological polar surface area (TPSA) is 74.5 Å². The maximum atomic E-state index is 7.59. The fraction of sp³-hybridized carbons (Fsp3) is 0.250. The predicted octanol–water partition coefficient (Wildman–Crippen LogP) is 3.75. The molecule has 1 atom stereocenters. The minimum atomic E-state index is 0.389. The summed E-state index contributed by atoms with van der Waals surface area (Å²) >= 11 is 0. The average molecular weight is 423 g/mol. The summed E-state index contributed by atoms with van der Waals surface area (Å²) < 4.78 is 6.16. The number of H-pyrrole nitrogens is 1. The minimum absolute atomic E-state index is 0.389. The Morgan fingerprint density at radius 2 is 2.12 bits per heavy atom. The fourth-order valence-electron chi connectivity index (χ4n) is 4.68. The van der Waals surface area contributed by atoms with Crippen LogP contribution >= 0.6 is 0 Å². The number of piperazine rings is 1. The SMILES string of the molecule is [C-]#[N+]c1cc2[nH]nc(-c3ccc4c(c3)OCC3CN(C)CCN43)c2cc1-c1cnccn1. The molecule has 0 saturated carbocycles. The summed E-state index contributed by atoms with van der Waals surface area (Å²) in [4.78, 5) is 17.0. The molecular weight excluding hydrogens is 402 g/mol. The zero-order valence-electron chi connectivity index (χ0n) is 17.6. The lowest BCUT2D eigenvalue weighted by molar-refractivity contribution is 0.188. The Morgan fingerprint density at radius 1 is 1.19 bits per heavy atom. The Balaban J connectivity index is 1.44. The molecule has 0 radical (unpaired) electrons. The van der Waals surface area contributed by atoms with E-state index in [2.05, 4.69) is 60.1 Å². The average Bonchev–Trinajstić information content (AvgIpc) is 3.26. The normalized spacial score (nSPS) is 18.0. The van der Waals surface area contributed by atoms with E-state index < -0.39 is 0 Å². The maximum Gasteiger partial charge on any atom is 0.198 e. The predicted molar refractivity (Wildman–Crippen MR) is 123 cm³/mol. The summed E-state index contributed by atoms with van der Waals surface area (Å²) in [5.74, 6) is 0.895. The quantitative estimate of drug-likeness (QED) is 0.495. The Kier molecular flexibility index (Phi) is 4.30. The molecule has 158 valence electrons. The van der Waals surface area contributed by atoms with Crippen LogP contribution < -0.4 is 9.64 Å². The molecule has 0 amide bonds. The van der Waals surface area contributed by atoms with Crippen molar-refractivity contribution in [1.29, 1.82) is 0 Å². The molecule has 1 unspecified atom stereocenters. The van der Waals surface area contributed by atoms with Crippen LogP contribution in [0.25, 0.3) is 38.3 Å². The molecule has 2 aromatic heterocycles. The van der Waals surface area contributed by atoms with Crippen molar-refractivity contribution in [3.63, 3.8) is 0 Å². The van der Waals surface area contributed by atoms with Crippen molar-refractivity contribution in [2.24, 2.45) is 0 Å². The smallest absolute Gasteiger partial charge is 0.198 e. The highest BCUT2D eigenvalue weighted by atomic mass is 16.5. The largest absolute Gasteiger partial charge is 0.489 e. The molecule has 6 rings (SSSR count). The lowest BCUT2D eigenvalue weighted by atomic mass is 10.0. The van der Waals surface area contributed by atoms with Gasteiger partial charge in [0, 0.05) is 48.5 Å². The highest BCUT2D eigenvalue weighted by molar-refractivity contribution is 5.99. The molecule has 8 heteroatoms. The van der Waals surface area contributed by atoms with Gasteiger partial charge in [-0.1, -0.05) is 12.1 Å². The number of hydrogen-bond donors (Lipinski definition) is 1. The van der Waals surface area contributed by atoms with Crippen LogP contribution in [0.2, 0.25) is 0 Å². The van der Waals surface area contributed by atoms with Crippen LogP contribution in [0.1, 0.15) is 0 Å². The van der Waals surface area contributed by atoms with Gasteiger partial charge in [-0.25, -0.2) is 4.85 Å². The molecule has 0 aliphatic carbocycles. The minimum Gasteiger partial charge on any atom is -0.489 e. The summed E-state index contributed by atoms with van der Waals surface area (Å²) in [5.41, 5.74) is 5.70. The van der Waals surface area contributed by atoms with E-state index in [1.165, 1.54) is 0 Å². The second-order valence-electron chi connectivity index (χ2n) is 8.29. The van der Waals surface area contributed by atoms with Crippen LogP contribution in [0, 0.1) is 6.57 Å². The van der Waals surface area contributed by atoms with Crippen molar-refractivity contribution in [2.75, 3.05) is 38.2 Å². The van der Waals surface area contributed by atoms with Gasteiger partial charge in [-0.15, -0.1) is 0 Å². The van der Waals surface area contributed by atoms with Gasteiger partial charge in [0.05, 0.1) is 41.4 Å². The number of anilines is 1. The van der Waals surface area contributed by atoms with Crippen molar-refractivity contribution in [3.05, 3.63) is 60.3 Å². The third-order valence-electron chi connectivity index (χ3n) is 6.30. The number of ether oxygens (including phenoxy) is 1. The van der Waals surface area contributed by atoms with Crippen molar-refractivity contribution < 1.29 is 4.74 Å². The van der Waals surface area contributed by atoms with Gasteiger partial charge in [-0.2, -0.15) is 5.10 Å². The van der Waals surface area contributed by atoms with Gasteiger partial charge in [-0.05, 0) is 25.2 Å². The lowest BCUT2D eigenvalue weighted by Gasteiger charge is -2.44. The molecule has 8 nitrogen and oxygen atoms in total. The number of rotatable bonds is 2. The maximum absolute atomic E-state index is 7.59. The highest BCUT2D eigenvalue weighted by Crippen LogP contribution is 2.41. The number of fused-ring (bicyclic) bond motifs is 4. The van der Waals surface area contributed by atoms with Crippen molar-refractivity contribution in [2.45, 2.75) is 6.04 Å². The van der Waals surface area contributed by atoms with E-state index >= 15 is 0 Å². The third-order valence-corrected chi connectivity index (χ3v) is 6.30. The lowest BCUT2D eigenvalue weighted by Crippen LogP contribution is -2.56. The standard InChI is InChI=1S/C24H21N7O/c1-25-19-11-20-18(10-17(19)21-12-26-5-6-27-21)24(29-28-20)15-3-4-22-23(9-15)32-14-16-13-30(2)7-8-31(16)22/h3-6,9-12,16H,7-8,13-14H2,2H3,(H,28,29). The molecular formula is C24H21N7O. The van der Waals surface area contributed by atoms with Crippen LogP contribution in [-0.2, 0) is 0 Å². The molecule has 1 N–H and O–H groups in total. The van der Waals surface area contributed by atoms with E-state index in [-0.39, 0.29) is 0 Å². The van der Waals surface area contributed by atoms with Gasteiger partial charge < -0.3 is 14.5 Å². The number of aromatic amines is 1. The summed E-state index contributed by atoms with van der Waals surface area (Å²) in [6.45, 7) is 11.3. The first-order chi connectivity index (χ1) is 15.7. The van der Waals surface area contributed by atoms with Crippen LogP contribution in [0.5, 0.6) is 5.75 Å². The molecule has 2 aromatic carbocycles. The van der Waals surface area contributed by atoms with E-state index in [0.717, 1.165) is 58.8 Å². The number of aromatic nitrogens is 4. The van der Waals surface area contributed by atoms with E-state index in [0.29, 0.717) is 24.0 Å². The van der Waals surface area contributed by atoms with Gasteiger partial charge in [0.1, 0.15) is 12.4 Å². The van der Waals surface area contributed by atoms with Crippen LogP contribution in [-0.4, -0.2) is 64.4 Å². The first-order valence-corrected chi connectivity index (χ1v) is 10.6. The number of hydrogen-bond acceptors (Lipinski definition) is 6. The van der Waals surface area contributed by atoms with Crippen molar-refractivity contribution in [3.8, 4) is 28.3 Å². The van der Waals surface area contributed by atoms with Gasteiger partial charge in [0.2, 0.25) is 0 Å². The van der Waals surface area contributed by atoms with E-state index in [4.69, 9.17) is 11.3 Å². The van der Waals surface area contributed by atoms with E-state index in [1.807, 2.05) is 12.1 Å². The number of likely N-dealkylation sites (N-methyl/N-ethyl adjacent to an activating group) is 1. The highest BCUT2D eigenvalue weighted by Gasteiger charge is 2.32. The number of nitrogens with zero attached hydrogens (tertiary/aromatic N) is 6. The second kappa shape index (κ2) is 7.32. The molecule has 2 aliphatic heterocycles. The Morgan fingerprint density at radius 3 is 2.97 bits per heavy atom. The van der Waals surface area contributed by atoms with Crippen molar-refractivity contribution >= 4 is 22.3 Å². The Labute approximate surface area is 185 Å². The van der Waals surface area contributed by atoms with E-state index in [9.17, 15) is 0 Å². The first kappa shape index (κ1) is 18.8. The van der Waals surface area contributed by atoms with Crippen LogP contribution in [0.3, 0.4) is 0 Å². The first-order valence-electron chi connectivity index (χ1n) is 10.6. The van der Waals surface area contributed by atoms with Gasteiger partial charge >= 0.3 is 0 Å². The molecule has 4 aromatic rings. The van der Waals surface area contributed by atoms with Gasteiger partial charge in [-0.3, -0.25) is 15.1 Å². The molecule has 1 saturated heterocycles. The number of benzene rings is 2. The third kappa shape index (κ3) is 2.98. The second-order valence-corrected chi connectivity index (χ2v) is 8.29. The Hall–Kier alpha value is -3.96. The Bertz CT molecular complexity index is 1360. The molecule has 0 spiro atoms. The molecule has 4 heterocycles. The zero-order chi connectivity index (χ0) is 21.7. The molecule has 2 aliphatic rings. The van der Waals surface area contributed by atoms with Crippen LogP contribution in [0.4, 0.5) is 11.4 Å². The van der Waals surface area contributed by atoms with Crippen molar-refractivity contribution in [1.82, 2.24) is 25.1 Å².